The van der Waals surface area contributed by atoms with Crippen molar-refractivity contribution in [2.75, 3.05) is 18.1 Å². The Hall–Kier alpha value is -2.08. The predicted octanol–water partition coefficient (Wildman–Crippen LogP) is 1.84. The first-order valence-electron chi connectivity index (χ1n) is 7.14. The van der Waals surface area contributed by atoms with Gasteiger partial charge in [-0.15, -0.1) is 0 Å². The highest BCUT2D eigenvalue weighted by molar-refractivity contribution is 5.93. The van der Waals surface area contributed by atoms with Gasteiger partial charge in [-0.05, 0) is 37.1 Å². The maximum Gasteiger partial charge on any atom is 0.335 e. The first-order chi connectivity index (χ1) is 10.1. The highest BCUT2D eigenvalue weighted by atomic mass is 16.4. The van der Waals surface area contributed by atoms with Crippen LogP contribution in [0.4, 0.5) is 10.5 Å². The van der Waals surface area contributed by atoms with E-state index in [9.17, 15) is 9.59 Å². The van der Waals surface area contributed by atoms with Gasteiger partial charge in [-0.25, -0.2) is 9.59 Å². The number of benzene rings is 1. The van der Waals surface area contributed by atoms with Crippen molar-refractivity contribution in [1.82, 2.24) is 5.32 Å². The van der Waals surface area contributed by atoms with Gasteiger partial charge in [0.1, 0.15) is 0 Å². The number of anilines is 1. The molecule has 1 fully saturated rings. The summed E-state index contributed by atoms with van der Waals surface area (Å²) in [5, 5.41) is 21.0. The number of aromatic carboxylic acids is 1. The van der Waals surface area contributed by atoms with Gasteiger partial charge in [0.25, 0.3) is 0 Å². The van der Waals surface area contributed by atoms with Crippen LogP contribution in [0.5, 0.6) is 0 Å². The number of aliphatic hydroxyl groups is 1. The number of carbonyl (C=O) groups is 2. The van der Waals surface area contributed by atoms with Gasteiger partial charge in [0.2, 0.25) is 0 Å². The lowest BCUT2D eigenvalue weighted by molar-refractivity contribution is 0.0697. The summed E-state index contributed by atoms with van der Waals surface area (Å²) < 4.78 is 0. The molecular formula is C15H20N2O4. The van der Waals surface area contributed by atoms with Crippen molar-refractivity contribution in [1.29, 1.82) is 0 Å². The van der Waals surface area contributed by atoms with Crippen LogP contribution >= 0.6 is 0 Å². The first-order valence-corrected chi connectivity index (χ1v) is 7.14. The van der Waals surface area contributed by atoms with Gasteiger partial charge in [-0.2, -0.15) is 0 Å². The molecule has 3 N–H and O–H groups in total. The number of amides is 2. The van der Waals surface area contributed by atoms with Crippen LogP contribution in [0, 0.1) is 0 Å². The van der Waals surface area contributed by atoms with Gasteiger partial charge in [0.05, 0.1) is 18.7 Å². The molecule has 0 bridgehead atoms. The summed E-state index contributed by atoms with van der Waals surface area (Å²) in [6, 6.07) is 5.99. The minimum absolute atomic E-state index is 0.154. The molecule has 1 aliphatic rings. The lowest BCUT2D eigenvalue weighted by Crippen LogP contribution is -2.45. The zero-order valence-electron chi connectivity index (χ0n) is 11.8. The molecule has 1 aromatic rings. The third-order valence-electron chi connectivity index (χ3n) is 3.68. The van der Waals surface area contributed by atoms with Crippen LogP contribution in [0.1, 0.15) is 36.0 Å². The molecule has 0 atom stereocenters. The molecule has 2 rings (SSSR count). The van der Waals surface area contributed by atoms with E-state index in [1.807, 2.05) is 0 Å². The third-order valence-corrected chi connectivity index (χ3v) is 3.68. The van der Waals surface area contributed by atoms with E-state index in [-0.39, 0.29) is 30.8 Å². The van der Waals surface area contributed by atoms with E-state index in [4.69, 9.17) is 10.2 Å². The smallest absolute Gasteiger partial charge is 0.335 e. The number of nitrogens with one attached hydrogen (secondary N) is 1. The molecule has 6 nitrogen and oxygen atoms in total. The zero-order valence-corrected chi connectivity index (χ0v) is 11.8. The number of nitrogens with zero attached hydrogens (tertiary/aromatic N) is 1. The molecule has 2 amide bonds. The Balaban J connectivity index is 2.09. The van der Waals surface area contributed by atoms with Crippen LogP contribution in [0.15, 0.2) is 24.3 Å². The molecule has 0 aromatic heterocycles. The molecule has 1 aromatic carbocycles. The van der Waals surface area contributed by atoms with Crippen LogP contribution in [0.2, 0.25) is 0 Å². The lowest BCUT2D eigenvalue weighted by Gasteiger charge is -2.24. The molecule has 0 radical (unpaired) electrons. The molecule has 0 spiro atoms. The van der Waals surface area contributed by atoms with E-state index in [2.05, 4.69) is 5.32 Å². The van der Waals surface area contributed by atoms with Crippen molar-refractivity contribution < 1.29 is 19.8 Å². The number of hydrogen-bond donors (Lipinski definition) is 3. The predicted molar refractivity (Wildman–Crippen MR) is 78.6 cm³/mol. The van der Waals surface area contributed by atoms with Crippen LogP contribution in [-0.4, -0.2) is 41.4 Å². The lowest BCUT2D eigenvalue weighted by atomic mass is 10.2. The topological polar surface area (TPSA) is 89.9 Å². The zero-order chi connectivity index (χ0) is 15.2. The molecule has 0 unspecified atom stereocenters. The molecule has 1 saturated carbocycles. The Morgan fingerprint density at radius 1 is 1.19 bits per heavy atom. The van der Waals surface area contributed by atoms with E-state index in [1.54, 1.807) is 12.1 Å². The first kappa shape index (κ1) is 15.3. The number of rotatable bonds is 5. The molecule has 0 saturated heterocycles. The molecular weight excluding hydrogens is 272 g/mol. The number of carbonyl (C=O) groups excluding carboxylic acids is 1. The Kier molecular flexibility index (Phi) is 5.16. The second kappa shape index (κ2) is 7.08. The summed E-state index contributed by atoms with van der Waals surface area (Å²) in [7, 11) is 0. The standard InChI is InChI=1S/C15H20N2O4/c18-10-9-17(15(21)16-12-3-1-2-4-12)13-7-5-11(6-8-13)14(19)20/h5-8,12,18H,1-4,9-10H2,(H,16,21)(H,19,20). The summed E-state index contributed by atoms with van der Waals surface area (Å²) in [5.41, 5.74) is 0.739. The van der Waals surface area contributed by atoms with Crippen molar-refractivity contribution in [2.24, 2.45) is 0 Å². The van der Waals surface area contributed by atoms with Crippen molar-refractivity contribution >= 4 is 17.7 Å². The van der Waals surface area contributed by atoms with Crippen molar-refractivity contribution in [3.63, 3.8) is 0 Å². The Bertz CT molecular complexity index is 495. The number of urea groups is 1. The third kappa shape index (κ3) is 3.95. The van der Waals surface area contributed by atoms with Crippen LogP contribution in [-0.2, 0) is 0 Å². The Morgan fingerprint density at radius 3 is 2.33 bits per heavy atom. The highest BCUT2D eigenvalue weighted by Crippen LogP contribution is 2.20. The van der Waals surface area contributed by atoms with Gasteiger partial charge in [0.15, 0.2) is 0 Å². The fraction of sp³-hybridized carbons (Fsp3) is 0.467. The van der Waals surface area contributed by atoms with Crippen LogP contribution in [0.25, 0.3) is 0 Å². The molecule has 21 heavy (non-hydrogen) atoms. The van der Waals surface area contributed by atoms with Gasteiger partial charge in [0, 0.05) is 11.7 Å². The largest absolute Gasteiger partial charge is 0.478 e. The van der Waals surface area contributed by atoms with Gasteiger partial charge < -0.3 is 15.5 Å². The number of carboxylic acid groups (broad SMARTS) is 1. The van der Waals surface area contributed by atoms with Crippen LogP contribution < -0.4 is 10.2 Å². The summed E-state index contributed by atoms with van der Waals surface area (Å²) >= 11 is 0. The molecule has 1 aliphatic carbocycles. The Morgan fingerprint density at radius 2 is 1.81 bits per heavy atom. The maximum atomic E-state index is 12.3. The van der Waals surface area contributed by atoms with E-state index < -0.39 is 5.97 Å². The van der Waals surface area contributed by atoms with Crippen molar-refractivity contribution in [3.8, 4) is 0 Å². The maximum absolute atomic E-state index is 12.3. The second-order valence-electron chi connectivity index (χ2n) is 5.16. The molecule has 0 aliphatic heterocycles. The van der Waals surface area contributed by atoms with Gasteiger partial charge in [-0.3, -0.25) is 4.90 Å². The molecule has 0 heterocycles. The monoisotopic (exact) mass is 292 g/mol. The van der Waals surface area contributed by atoms with Crippen molar-refractivity contribution in [3.05, 3.63) is 29.8 Å². The summed E-state index contributed by atoms with van der Waals surface area (Å²) in [6.45, 7) is 0.0176. The van der Waals surface area contributed by atoms with Gasteiger partial charge >= 0.3 is 12.0 Å². The normalized spacial score (nSPS) is 14.9. The quantitative estimate of drug-likeness (QED) is 0.772. The fourth-order valence-electron chi connectivity index (χ4n) is 2.55. The van der Waals surface area contributed by atoms with Gasteiger partial charge in [-0.1, -0.05) is 12.8 Å². The van der Waals surface area contributed by atoms with E-state index >= 15 is 0 Å². The highest BCUT2D eigenvalue weighted by Gasteiger charge is 2.21. The van der Waals surface area contributed by atoms with E-state index in [1.165, 1.54) is 17.0 Å². The molecule has 6 heteroatoms. The Labute approximate surface area is 123 Å². The number of hydrogen-bond acceptors (Lipinski definition) is 3. The number of aliphatic hydroxyl groups excluding tert-OH is 1. The fourth-order valence-corrected chi connectivity index (χ4v) is 2.55. The minimum atomic E-state index is -1.01. The summed E-state index contributed by atoms with van der Waals surface area (Å²) in [4.78, 5) is 24.6. The number of carboxylic acids is 1. The SMILES string of the molecule is O=C(O)c1ccc(N(CCO)C(=O)NC2CCCC2)cc1. The average molecular weight is 292 g/mol. The van der Waals surface area contributed by atoms with Crippen LogP contribution in [0.3, 0.4) is 0 Å². The molecule has 114 valence electrons. The van der Waals surface area contributed by atoms with E-state index in [0.29, 0.717) is 5.69 Å². The van der Waals surface area contributed by atoms with E-state index in [0.717, 1.165) is 25.7 Å². The second-order valence-corrected chi connectivity index (χ2v) is 5.16. The van der Waals surface area contributed by atoms with Crippen molar-refractivity contribution in [2.45, 2.75) is 31.7 Å². The summed E-state index contributed by atoms with van der Waals surface area (Å²) in [6.07, 6.45) is 4.21. The average Bonchev–Trinajstić information content (AvgIpc) is 2.97. The summed E-state index contributed by atoms with van der Waals surface area (Å²) in [5.74, 6) is -1.01. The minimum Gasteiger partial charge on any atom is -0.478 e.